The van der Waals surface area contributed by atoms with Gasteiger partial charge in [-0.25, -0.2) is 13.4 Å². The number of alkyl halides is 3. The molecule has 0 aliphatic heterocycles. The van der Waals surface area contributed by atoms with Crippen molar-refractivity contribution in [2.45, 2.75) is 37.3 Å². The molecule has 0 aliphatic carbocycles. The third kappa shape index (κ3) is 5.61. The molecule has 3 aromatic carbocycles. The van der Waals surface area contributed by atoms with Crippen molar-refractivity contribution in [1.82, 2.24) is 4.98 Å². The van der Waals surface area contributed by atoms with E-state index in [1.165, 1.54) is 29.5 Å². The number of aryl methyl sites for hydroxylation is 2. The molecule has 0 spiro atoms. The van der Waals surface area contributed by atoms with Gasteiger partial charge in [-0.05, 0) is 73.2 Å². The Morgan fingerprint density at radius 1 is 1.02 bits per heavy atom. The predicted molar refractivity (Wildman–Crippen MR) is 145 cm³/mol. The molecule has 0 saturated carbocycles. The van der Waals surface area contributed by atoms with E-state index in [0.29, 0.717) is 22.3 Å². The number of sulfone groups is 1. The Morgan fingerprint density at radius 2 is 1.68 bits per heavy atom. The number of halogens is 3. The fourth-order valence-electron chi connectivity index (χ4n) is 4.55. The smallest absolute Gasteiger partial charge is 0.545 e. The Morgan fingerprint density at radius 3 is 2.29 bits per heavy atom. The average molecular weight is 608 g/mol. The van der Waals surface area contributed by atoms with Gasteiger partial charge in [0.25, 0.3) is 9.84 Å². The molecule has 5 rings (SSSR count). The van der Waals surface area contributed by atoms with Crippen LogP contribution in [0, 0.1) is 13.8 Å². The Balaban J connectivity index is 0.00000387. The number of nitrogens with zero attached hydrogens (tertiary/aromatic N) is 1. The summed E-state index contributed by atoms with van der Waals surface area (Å²) in [6.07, 6.45) is -0.771. The largest absolute Gasteiger partial charge is 1.00 e. The van der Waals surface area contributed by atoms with Crippen LogP contribution in [-0.2, 0) is 9.84 Å². The maximum Gasteiger partial charge on any atom is 1.00 e. The van der Waals surface area contributed by atoms with Gasteiger partial charge in [0.15, 0.2) is 0 Å². The molecule has 206 valence electrons. The van der Waals surface area contributed by atoms with E-state index in [4.69, 9.17) is 9.72 Å². The second-order valence-electron chi connectivity index (χ2n) is 9.28. The van der Waals surface area contributed by atoms with Crippen LogP contribution in [0.2, 0.25) is 0 Å². The van der Waals surface area contributed by atoms with E-state index in [2.05, 4.69) is 0 Å². The van der Waals surface area contributed by atoms with Crippen molar-refractivity contribution in [2.24, 2.45) is 0 Å². The molecular weight excluding hydrogens is 586 g/mol. The number of hydrogen-bond donors (Lipinski definition) is 0. The van der Waals surface area contributed by atoms with Crippen molar-refractivity contribution in [3.63, 3.8) is 0 Å². The van der Waals surface area contributed by atoms with Crippen LogP contribution < -0.4 is 39.4 Å². The number of benzene rings is 3. The molecule has 2 aromatic heterocycles. The number of aromatic nitrogens is 1. The first-order chi connectivity index (χ1) is 18.8. The van der Waals surface area contributed by atoms with Gasteiger partial charge in [-0.1, -0.05) is 36.4 Å². The molecule has 12 heteroatoms. The standard InChI is InChI=1S/C29H22F3NO5S2.Na/c1-15-8-13-23(38-17(3)18-9-11-19(12-10-18)40(36,37)29(30,31)32)25-21(28(34)35)14-22(33-26(15)25)27-16(2)20-6-4-5-7-24(20)39-27;/h4-14,17H,1-3H3,(H,34,35);/q;+1/p-1/t17-;/m1./s1. The van der Waals surface area contributed by atoms with Crippen molar-refractivity contribution in [3.05, 3.63) is 89.0 Å². The summed E-state index contributed by atoms with van der Waals surface area (Å²) < 4.78 is 69.2. The molecule has 0 unspecified atom stereocenters. The molecule has 0 N–H and O–H groups in total. The average Bonchev–Trinajstić information content (AvgIpc) is 3.25. The SMILES string of the molecule is Cc1c(-c2cc(C(=O)[O-])c3c(O[C@H](C)c4ccc(S(=O)(=O)C(F)(F)F)cc4)ccc(C)c3n2)sc2ccccc12.[Na+]. The maximum atomic E-state index is 12.9. The first kappa shape index (κ1) is 31.0. The first-order valence-corrected chi connectivity index (χ1v) is 14.3. The van der Waals surface area contributed by atoms with Crippen LogP contribution in [0.1, 0.15) is 40.1 Å². The van der Waals surface area contributed by atoms with Crippen molar-refractivity contribution in [3.8, 4) is 16.3 Å². The van der Waals surface area contributed by atoms with Gasteiger partial charge in [0, 0.05) is 10.3 Å². The second kappa shape index (κ2) is 11.4. The molecule has 2 heterocycles. The minimum absolute atomic E-state index is 0. The fraction of sp³-hybridized carbons (Fsp3) is 0.172. The summed E-state index contributed by atoms with van der Waals surface area (Å²) in [5, 5.41) is 13.6. The molecule has 6 nitrogen and oxygen atoms in total. The summed E-state index contributed by atoms with van der Waals surface area (Å²) in [4.78, 5) is 17.1. The van der Waals surface area contributed by atoms with Gasteiger partial charge in [-0.3, -0.25) is 0 Å². The van der Waals surface area contributed by atoms with Crippen LogP contribution in [0.15, 0.2) is 71.6 Å². The normalized spacial score (nSPS) is 12.7. The molecule has 0 fully saturated rings. The van der Waals surface area contributed by atoms with E-state index in [-0.39, 0.29) is 46.3 Å². The van der Waals surface area contributed by atoms with Gasteiger partial charge in [0.2, 0.25) is 0 Å². The van der Waals surface area contributed by atoms with Crippen LogP contribution in [-0.4, -0.2) is 24.9 Å². The molecule has 0 radical (unpaired) electrons. The zero-order chi connectivity index (χ0) is 29.0. The molecule has 5 aromatic rings. The summed E-state index contributed by atoms with van der Waals surface area (Å²) in [5.41, 5.74) is -2.57. The number of carboxylic acid groups (broad SMARTS) is 1. The quantitative estimate of drug-likeness (QED) is 0.274. The number of fused-ring (bicyclic) bond motifs is 2. The van der Waals surface area contributed by atoms with E-state index >= 15 is 0 Å². The van der Waals surface area contributed by atoms with Crippen molar-refractivity contribution in [1.29, 1.82) is 0 Å². The Bertz CT molecular complexity index is 1900. The zero-order valence-corrected chi connectivity index (χ0v) is 26.0. The Kier molecular flexibility index (Phi) is 8.60. The maximum absolute atomic E-state index is 12.9. The fourth-order valence-corrected chi connectivity index (χ4v) is 6.48. The topological polar surface area (TPSA) is 96.4 Å². The van der Waals surface area contributed by atoms with Crippen LogP contribution in [0.4, 0.5) is 13.2 Å². The minimum Gasteiger partial charge on any atom is -0.545 e. The number of carboxylic acids is 1. The monoisotopic (exact) mass is 607 g/mol. The van der Waals surface area contributed by atoms with Gasteiger partial charge in [-0.15, -0.1) is 11.3 Å². The number of rotatable bonds is 6. The van der Waals surface area contributed by atoms with E-state index in [9.17, 15) is 31.5 Å². The molecule has 0 amide bonds. The van der Waals surface area contributed by atoms with Gasteiger partial charge >= 0.3 is 35.1 Å². The third-order valence-electron chi connectivity index (χ3n) is 6.69. The Hall–Kier alpha value is -2.96. The number of hydrogen-bond acceptors (Lipinski definition) is 7. The van der Waals surface area contributed by atoms with Crippen LogP contribution in [0.3, 0.4) is 0 Å². The number of pyridine rings is 1. The molecule has 41 heavy (non-hydrogen) atoms. The van der Waals surface area contributed by atoms with E-state index < -0.39 is 32.3 Å². The summed E-state index contributed by atoms with van der Waals surface area (Å²) >= 11 is 1.51. The minimum atomic E-state index is -5.49. The Labute approximate surface area is 260 Å². The van der Waals surface area contributed by atoms with Gasteiger partial charge < -0.3 is 14.6 Å². The van der Waals surface area contributed by atoms with Crippen molar-refractivity contribution < 1.29 is 65.8 Å². The molecule has 0 aliphatic rings. The van der Waals surface area contributed by atoms with E-state index in [1.807, 2.05) is 31.2 Å². The van der Waals surface area contributed by atoms with Gasteiger partial charge in [0.05, 0.1) is 32.3 Å². The summed E-state index contributed by atoms with van der Waals surface area (Å²) in [5.74, 6) is -1.23. The van der Waals surface area contributed by atoms with Crippen molar-refractivity contribution in [2.75, 3.05) is 0 Å². The second-order valence-corrected chi connectivity index (χ2v) is 12.3. The van der Waals surface area contributed by atoms with Gasteiger partial charge in [-0.2, -0.15) is 13.2 Å². The summed E-state index contributed by atoms with van der Waals surface area (Å²) in [6.45, 7) is 5.36. The van der Waals surface area contributed by atoms with Crippen LogP contribution in [0.5, 0.6) is 5.75 Å². The third-order valence-corrected chi connectivity index (χ3v) is 9.49. The van der Waals surface area contributed by atoms with Crippen LogP contribution in [0.25, 0.3) is 31.6 Å². The summed E-state index contributed by atoms with van der Waals surface area (Å²) in [6, 6.07) is 16.8. The first-order valence-electron chi connectivity index (χ1n) is 12.0. The van der Waals surface area contributed by atoms with Crippen LogP contribution >= 0.6 is 11.3 Å². The number of aromatic carboxylic acids is 1. The molecule has 0 bridgehead atoms. The molecule has 1 atom stereocenters. The number of ether oxygens (including phenoxy) is 1. The molecular formula is C29H21F3NNaO5S2. The van der Waals surface area contributed by atoms with E-state index in [1.54, 1.807) is 26.0 Å². The number of thiophene rings is 1. The number of carbonyl (C=O) groups is 1. The molecule has 0 saturated heterocycles. The zero-order valence-electron chi connectivity index (χ0n) is 22.4. The van der Waals surface area contributed by atoms with Crippen molar-refractivity contribution >= 4 is 48.1 Å². The predicted octanol–water partition coefficient (Wildman–Crippen LogP) is 3.53. The number of carbonyl (C=O) groups excluding carboxylic acids is 1. The summed E-state index contributed by atoms with van der Waals surface area (Å²) in [7, 11) is -5.49. The van der Waals surface area contributed by atoms with E-state index in [0.717, 1.165) is 32.7 Å². The van der Waals surface area contributed by atoms with Gasteiger partial charge in [0.1, 0.15) is 11.9 Å².